The fraction of sp³-hybridized carbons (Fsp3) is 0.174. The maximum Gasteiger partial charge on any atom is 0.276 e. The summed E-state index contributed by atoms with van der Waals surface area (Å²) >= 11 is 2.93. The van der Waals surface area contributed by atoms with Crippen LogP contribution in [0, 0.1) is 6.92 Å². The van der Waals surface area contributed by atoms with Crippen LogP contribution in [0.15, 0.2) is 53.9 Å². The number of rotatable bonds is 6. The Bertz CT molecular complexity index is 1400. The molecule has 31 heavy (non-hydrogen) atoms. The quantitative estimate of drug-likeness (QED) is 0.368. The fourth-order valence-electron chi connectivity index (χ4n) is 3.61. The number of methoxy groups -OCH3 is 1. The number of thiazole rings is 2. The average molecular weight is 449 g/mol. The van der Waals surface area contributed by atoms with E-state index in [2.05, 4.69) is 38.1 Å². The van der Waals surface area contributed by atoms with E-state index in [9.17, 15) is 4.79 Å². The van der Waals surface area contributed by atoms with Crippen molar-refractivity contribution in [3.63, 3.8) is 0 Å². The van der Waals surface area contributed by atoms with Crippen molar-refractivity contribution in [2.45, 2.75) is 13.5 Å². The Morgan fingerprint density at radius 3 is 2.87 bits per heavy atom. The van der Waals surface area contributed by atoms with Crippen molar-refractivity contribution < 1.29 is 9.53 Å². The number of hydrogen-bond acceptors (Lipinski definition) is 6. The van der Waals surface area contributed by atoms with E-state index in [0.29, 0.717) is 24.0 Å². The molecule has 8 heteroatoms. The van der Waals surface area contributed by atoms with Crippen molar-refractivity contribution in [1.82, 2.24) is 14.5 Å². The van der Waals surface area contributed by atoms with Crippen molar-refractivity contribution in [3.8, 4) is 10.7 Å². The van der Waals surface area contributed by atoms with Gasteiger partial charge in [0.1, 0.15) is 10.7 Å². The molecular weight excluding hydrogens is 428 g/mol. The molecule has 2 aromatic carbocycles. The van der Waals surface area contributed by atoms with Crippen LogP contribution in [0.25, 0.3) is 31.8 Å². The lowest BCUT2D eigenvalue weighted by Gasteiger charge is -2.08. The Morgan fingerprint density at radius 1 is 1.16 bits per heavy atom. The van der Waals surface area contributed by atoms with Gasteiger partial charge in [0, 0.05) is 29.9 Å². The van der Waals surface area contributed by atoms with Gasteiger partial charge in [0.2, 0.25) is 0 Å². The van der Waals surface area contributed by atoms with Gasteiger partial charge in [-0.2, -0.15) is 0 Å². The first-order valence-corrected chi connectivity index (χ1v) is 11.5. The molecule has 0 saturated heterocycles. The van der Waals surface area contributed by atoms with E-state index in [0.717, 1.165) is 37.4 Å². The molecule has 0 aliphatic heterocycles. The Kier molecular flexibility index (Phi) is 5.27. The van der Waals surface area contributed by atoms with Gasteiger partial charge in [-0.15, -0.1) is 11.3 Å². The number of fused-ring (bicyclic) bond motifs is 2. The molecule has 1 N–H and O–H groups in total. The second-order valence-corrected chi connectivity index (χ2v) is 9.05. The molecule has 0 aliphatic carbocycles. The molecule has 6 nitrogen and oxygen atoms in total. The Morgan fingerprint density at radius 2 is 2.03 bits per heavy atom. The summed E-state index contributed by atoms with van der Waals surface area (Å²) < 4.78 is 8.53. The SMILES string of the molecule is COCCn1c(-c2nc(C(=O)Nc3nc4c(C)cccc4s3)cs2)cc2ccccc21. The highest BCUT2D eigenvalue weighted by molar-refractivity contribution is 7.22. The maximum absolute atomic E-state index is 12.8. The first-order valence-electron chi connectivity index (χ1n) is 9.84. The topological polar surface area (TPSA) is 69.0 Å². The normalized spacial score (nSPS) is 11.4. The third-order valence-corrected chi connectivity index (χ3v) is 6.93. The summed E-state index contributed by atoms with van der Waals surface area (Å²) in [7, 11) is 1.70. The fourth-order valence-corrected chi connectivity index (χ4v) is 5.37. The molecule has 0 fully saturated rings. The predicted octanol–water partition coefficient (Wildman–Crippen LogP) is 5.58. The van der Waals surface area contributed by atoms with Gasteiger partial charge in [-0.1, -0.05) is 41.7 Å². The van der Waals surface area contributed by atoms with Crippen LogP contribution in [-0.4, -0.2) is 34.2 Å². The molecular formula is C23H20N4O2S2. The summed E-state index contributed by atoms with van der Waals surface area (Å²) in [6, 6.07) is 16.4. The first kappa shape index (κ1) is 19.9. The molecule has 3 heterocycles. The van der Waals surface area contributed by atoms with Gasteiger partial charge >= 0.3 is 0 Å². The lowest BCUT2D eigenvalue weighted by molar-refractivity contribution is 0.102. The number of nitrogens with zero attached hydrogens (tertiary/aromatic N) is 3. The number of carbonyl (C=O) groups is 1. The zero-order valence-electron chi connectivity index (χ0n) is 17.1. The third kappa shape index (κ3) is 3.74. The average Bonchev–Trinajstić information content (AvgIpc) is 3.49. The summed E-state index contributed by atoms with van der Waals surface area (Å²) in [5.41, 5.74) is 4.51. The first-order chi connectivity index (χ1) is 15.1. The molecule has 0 saturated carbocycles. The minimum absolute atomic E-state index is 0.251. The van der Waals surface area contributed by atoms with Crippen LogP contribution in [0.5, 0.6) is 0 Å². The van der Waals surface area contributed by atoms with E-state index in [1.165, 1.54) is 22.7 Å². The van der Waals surface area contributed by atoms with E-state index >= 15 is 0 Å². The van der Waals surface area contributed by atoms with Gasteiger partial charge in [0.25, 0.3) is 5.91 Å². The number of aryl methyl sites for hydroxylation is 1. The predicted molar refractivity (Wildman–Crippen MR) is 127 cm³/mol. The number of para-hydroxylation sites is 2. The van der Waals surface area contributed by atoms with E-state index in [-0.39, 0.29) is 5.91 Å². The summed E-state index contributed by atoms with van der Waals surface area (Å²) in [5, 5.41) is 7.22. The number of benzene rings is 2. The van der Waals surface area contributed by atoms with E-state index in [1.54, 1.807) is 12.5 Å². The molecule has 0 spiro atoms. The van der Waals surface area contributed by atoms with E-state index in [1.807, 2.05) is 37.3 Å². The molecule has 5 rings (SSSR count). The zero-order chi connectivity index (χ0) is 21.4. The summed E-state index contributed by atoms with van der Waals surface area (Å²) in [6.45, 7) is 3.33. The number of hydrogen-bond donors (Lipinski definition) is 1. The van der Waals surface area contributed by atoms with Crippen LogP contribution < -0.4 is 5.32 Å². The van der Waals surface area contributed by atoms with Crippen LogP contribution in [0.2, 0.25) is 0 Å². The van der Waals surface area contributed by atoms with E-state index in [4.69, 9.17) is 4.74 Å². The number of nitrogens with one attached hydrogen (secondary N) is 1. The second-order valence-electron chi connectivity index (χ2n) is 7.17. The molecule has 0 atom stereocenters. The van der Waals surface area contributed by atoms with Gasteiger partial charge in [-0.05, 0) is 30.7 Å². The summed E-state index contributed by atoms with van der Waals surface area (Å²) in [4.78, 5) is 22.0. The van der Waals surface area contributed by atoms with Crippen LogP contribution in [0.4, 0.5) is 5.13 Å². The van der Waals surface area contributed by atoms with Crippen molar-refractivity contribution >= 4 is 54.8 Å². The number of anilines is 1. The Balaban J connectivity index is 1.44. The highest BCUT2D eigenvalue weighted by atomic mass is 32.1. The minimum Gasteiger partial charge on any atom is -0.383 e. The molecule has 0 radical (unpaired) electrons. The van der Waals surface area contributed by atoms with Crippen molar-refractivity contribution in [2.75, 3.05) is 19.0 Å². The van der Waals surface area contributed by atoms with Gasteiger partial charge in [0.05, 0.1) is 22.5 Å². The Hall–Kier alpha value is -3.07. The highest BCUT2D eigenvalue weighted by Gasteiger charge is 2.18. The lowest BCUT2D eigenvalue weighted by atomic mass is 10.2. The monoisotopic (exact) mass is 448 g/mol. The number of ether oxygens (including phenoxy) is 1. The zero-order valence-corrected chi connectivity index (χ0v) is 18.7. The smallest absolute Gasteiger partial charge is 0.276 e. The Labute approximate surface area is 187 Å². The number of amides is 1. The van der Waals surface area contributed by atoms with Gasteiger partial charge in [-0.25, -0.2) is 9.97 Å². The van der Waals surface area contributed by atoms with Gasteiger partial charge in [0.15, 0.2) is 5.13 Å². The summed E-state index contributed by atoms with van der Waals surface area (Å²) in [5.74, 6) is -0.251. The van der Waals surface area contributed by atoms with E-state index < -0.39 is 0 Å². The van der Waals surface area contributed by atoms with Crippen molar-refractivity contribution in [1.29, 1.82) is 0 Å². The number of aromatic nitrogens is 3. The number of carbonyl (C=O) groups excluding carboxylic acids is 1. The molecule has 5 aromatic rings. The summed E-state index contributed by atoms with van der Waals surface area (Å²) in [6.07, 6.45) is 0. The lowest BCUT2D eigenvalue weighted by Crippen LogP contribution is -2.12. The molecule has 0 bridgehead atoms. The van der Waals surface area contributed by atoms with Crippen molar-refractivity contribution in [3.05, 3.63) is 65.2 Å². The van der Waals surface area contributed by atoms with Gasteiger partial charge < -0.3 is 9.30 Å². The van der Waals surface area contributed by atoms with Crippen molar-refractivity contribution in [2.24, 2.45) is 0 Å². The van der Waals surface area contributed by atoms with Crippen LogP contribution in [0.1, 0.15) is 16.1 Å². The van der Waals surface area contributed by atoms with Gasteiger partial charge in [-0.3, -0.25) is 10.1 Å². The van der Waals surface area contributed by atoms with Crippen LogP contribution >= 0.6 is 22.7 Å². The highest BCUT2D eigenvalue weighted by Crippen LogP contribution is 2.32. The largest absolute Gasteiger partial charge is 0.383 e. The standard InChI is InChI=1S/C23H20N4O2S2/c1-14-6-5-9-19-20(14)25-23(31-19)26-21(28)16-13-30-22(24-16)18-12-15-7-3-4-8-17(15)27(18)10-11-29-2/h3-9,12-13H,10-11H2,1-2H3,(H,25,26,28). The second kappa shape index (κ2) is 8.22. The molecule has 0 unspecified atom stereocenters. The van der Waals surface area contributed by atoms with Crippen LogP contribution in [-0.2, 0) is 11.3 Å². The third-order valence-electron chi connectivity index (χ3n) is 5.13. The minimum atomic E-state index is -0.251. The molecule has 0 aliphatic rings. The van der Waals surface area contributed by atoms with Crippen LogP contribution in [0.3, 0.4) is 0 Å². The molecule has 3 aromatic heterocycles. The molecule has 156 valence electrons. The molecule has 1 amide bonds. The maximum atomic E-state index is 12.8.